The van der Waals surface area contributed by atoms with Gasteiger partial charge in [0.1, 0.15) is 12.4 Å². The number of aryl methyl sites for hydroxylation is 1. The maximum absolute atomic E-state index is 11.8. The van der Waals surface area contributed by atoms with Crippen LogP contribution in [0.2, 0.25) is 0 Å². The first-order valence-corrected chi connectivity index (χ1v) is 10.5. The lowest BCUT2D eigenvalue weighted by molar-refractivity contribution is -0.122. The lowest BCUT2D eigenvalue weighted by Crippen LogP contribution is -2.46. The monoisotopic (exact) mass is 518 g/mol. The normalized spacial score (nSPS) is 19.7. The zero-order valence-electron chi connectivity index (χ0n) is 17.8. The number of carbonyl (C=O) groups excluding carboxylic acids is 1. The van der Waals surface area contributed by atoms with Crippen molar-refractivity contribution in [2.75, 3.05) is 32.7 Å². The predicted octanol–water partition coefficient (Wildman–Crippen LogP) is 0.787. The van der Waals surface area contributed by atoms with Gasteiger partial charge in [0.05, 0.1) is 0 Å². The molecule has 1 aliphatic carbocycles. The molecule has 10 heteroatoms. The number of likely N-dealkylation sites (tertiary alicyclic amines) is 1. The third kappa shape index (κ3) is 7.09. The fraction of sp³-hybridized carbons (Fsp3) is 0.789. The lowest BCUT2D eigenvalue weighted by atomic mass is 10.2. The molecule has 3 rings (SSSR count). The first kappa shape index (κ1) is 23.8. The van der Waals surface area contributed by atoms with Crippen LogP contribution in [-0.2, 0) is 18.4 Å². The van der Waals surface area contributed by atoms with Crippen LogP contribution in [0.3, 0.4) is 0 Å². The van der Waals surface area contributed by atoms with E-state index < -0.39 is 0 Å². The number of carbonyl (C=O) groups is 1. The number of nitrogens with one attached hydrogen (secondary N) is 3. The third-order valence-corrected chi connectivity index (χ3v) is 5.64. The van der Waals surface area contributed by atoms with E-state index in [0.717, 1.165) is 43.5 Å². The first-order chi connectivity index (χ1) is 13.6. The summed E-state index contributed by atoms with van der Waals surface area (Å²) in [6.45, 7) is 8.97. The Kier molecular flexibility index (Phi) is 9.60. The van der Waals surface area contributed by atoms with Crippen LogP contribution in [0.1, 0.15) is 44.3 Å². The molecule has 2 fully saturated rings. The van der Waals surface area contributed by atoms with Gasteiger partial charge in [-0.05, 0) is 45.7 Å². The molecule has 1 amide bonds. The third-order valence-electron chi connectivity index (χ3n) is 5.64. The van der Waals surface area contributed by atoms with Crippen molar-refractivity contribution >= 4 is 35.8 Å². The van der Waals surface area contributed by atoms with Crippen LogP contribution >= 0.6 is 24.0 Å². The van der Waals surface area contributed by atoms with E-state index in [9.17, 15) is 4.79 Å². The minimum Gasteiger partial charge on any atom is -0.355 e. The highest BCUT2D eigenvalue weighted by Gasteiger charge is 2.29. The number of hydrogen-bond acceptors (Lipinski definition) is 5. The largest absolute Gasteiger partial charge is 0.355 e. The molecule has 1 atom stereocenters. The number of aromatic nitrogens is 3. The van der Waals surface area contributed by atoms with Crippen molar-refractivity contribution in [3.8, 4) is 0 Å². The molecule has 0 radical (unpaired) electrons. The molecule has 3 N–H and O–H groups in total. The Hall–Kier alpha value is -1.43. The number of nitrogens with zero attached hydrogens (tertiary/aromatic N) is 5. The second-order valence-corrected chi connectivity index (χ2v) is 7.68. The van der Waals surface area contributed by atoms with Gasteiger partial charge in [-0.3, -0.25) is 9.69 Å². The molecule has 1 unspecified atom stereocenters. The lowest BCUT2D eigenvalue weighted by Gasteiger charge is -2.24. The topological polar surface area (TPSA) is 99.5 Å². The average molecular weight is 518 g/mol. The summed E-state index contributed by atoms with van der Waals surface area (Å²) in [6.07, 6.45) is 4.53. The van der Waals surface area contributed by atoms with Gasteiger partial charge in [-0.25, -0.2) is 4.99 Å². The van der Waals surface area contributed by atoms with Crippen LogP contribution in [-0.4, -0.2) is 70.3 Å². The molecule has 1 aromatic rings. The number of hydrogen-bond donors (Lipinski definition) is 3. The van der Waals surface area contributed by atoms with Gasteiger partial charge in [0.2, 0.25) is 5.91 Å². The second kappa shape index (κ2) is 11.7. The molecule has 0 spiro atoms. The van der Waals surface area contributed by atoms with Gasteiger partial charge in [-0.2, -0.15) is 0 Å². The van der Waals surface area contributed by atoms with Crippen molar-refractivity contribution in [3.05, 3.63) is 11.6 Å². The number of rotatable bonds is 9. The minimum absolute atomic E-state index is 0. The van der Waals surface area contributed by atoms with Gasteiger partial charge in [-0.15, -0.1) is 34.2 Å². The smallest absolute Gasteiger partial charge is 0.223 e. The van der Waals surface area contributed by atoms with Crippen LogP contribution in [0.5, 0.6) is 0 Å². The number of halogens is 1. The predicted molar refractivity (Wildman–Crippen MR) is 124 cm³/mol. The SMILES string of the molecule is CCN1CCCC1CNC(=NCc1nnc(C)n1C)NCCNC(=O)C1CC1.I. The molecule has 164 valence electrons. The molecule has 0 bridgehead atoms. The van der Waals surface area contributed by atoms with Gasteiger partial charge in [0, 0.05) is 38.6 Å². The van der Waals surface area contributed by atoms with Crippen molar-refractivity contribution in [1.29, 1.82) is 0 Å². The molecule has 2 heterocycles. The Bertz CT molecular complexity index is 688. The minimum atomic E-state index is 0. The van der Waals surface area contributed by atoms with E-state index in [1.807, 2.05) is 18.5 Å². The molecule has 2 aliphatic rings. The number of guanidine groups is 1. The standard InChI is InChI=1S/C19H34N8O.HI/c1-4-27-11-5-6-16(27)12-22-19(21-10-9-20-18(28)15-7-8-15)23-13-17-25-24-14(2)26(17)3;/h15-16H,4-13H2,1-3H3,(H,20,28)(H2,21,22,23);1H. The van der Waals surface area contributed by atoms with Crippen LogP contribution < -0.4 is 16.0 Å². The van der Waals surface area contributed by atoms with E-state index in [4.69, 9.17) is 0 Å². The summed E-state index contributed by atoms with van der Waals surface area (Å²) in [4.78, 5) is 19.0. The molecule has 1 aliphatic heterocycles. The van der Waals surface area contributed by atoms with E-state index in [0.29, 0.717) is 25.7 Å². The number of likely N-dealkylation sites (N-methyl/N-ethyl adjacent to an activating group) is 1. The summed E-state index contributed by atoms with van der Waals surface area (Å²) < 4.78 is 1.95. The zero-order chi connectivity index (χ0) is 19.9. The Labute approximate surface area is 190 Å². The molecule has 0 aromatic carbocycles. The number of aliphatic imine (C=N–C) groups is 1. The summed E-state index contributed by atoms with van der Waals surface area (Å²) in [5, 5.41) is 18.1. The molecule has 29 heavy (non-hydrogen) atoms. The number of amides is 1. The van der Waals surface area contributed by atoms with E-state index in [1.54, 1.807) is 0 Å². The summed E-state index contributed by atoms with van der Waals surface area (Å²) in [5.74, 6) is 2.88. The van der Waals surface area contributed by atoms with Crippen LogP contribution in [0, 0.1) is 12.8 Å². The van der Waals surface area contributed by atoms with Gasteiger partial charge in [0.25, 0.3) is 0 Å². The van der Waals surface area contributed by atoms with Crippen molar-refractivity contribution < 1.29 is 4.79 Å². The molecule has 9 nitrogen and oxygen atoms in total. The van der Waals surface area contributed by atoms with Crippen molar-refractivity contribution in [2.45, 2.75) is 52.1 Å². The Morgan fingerprint density at radius 2 is 1.93 bits per heavy atom. The van der Waals surface area contributed by atoms with Crippen molar-refractivity contribution in [2.24, 2.45) is 18.0 Å². The van der Waals surface area contributed by atoms with Crippen molar-refractivity contribution in [3.63, 3.8) is 0 Å². The molecule has 1 aromatic heterocycles. The molecule has 1 saturated carbocycles. The van der Waals surface area contributed by atoms with Gasteiger partial charge < -0.3 is 20.5 Å². The fourth-order valence-corrected chi connectivity index (χ4v) is 3.53. The second-order valence-electron chi connectivity index (χ2n) is 7.68. The van der Waals surface area contributed by atoms with Crippen LogP contribution in [0.15, 0.2) is 4.99 Å². The Morgan fingerprint density at radius 1 is 1.17 bits per heavy atom. The average Bonchev–Trinajstić information content (AvgIpc) is 3.38. The quantitative estimate of drug-likeness (QED) is 0.194. The molecule has 1 saturated heterocycles. The highest BCUT2D eigenvalue weighted by molar-refractivity contribution is 14.0. The summed E-state index contributed by atoms with van der Waals surface area (Å²) >= 11 is 0. The van der Waals surface area contributed by atoms with Crippen LogP contribution in [0.25, 0.3) is 0 Å². The van der Waals surface area contributed by atoms with Gasteiger partial charge >= 0.3 is 0 Å². The maximum Gasteiger partial charge on any atom is 0.223 e. The van der Waals surface area contributed by atoms with Gasteiger partial charge in [-0.1, -0.05) is 6.92 Å². The maximum atomic E-state index is 11.8. The highest BCUT2D eigenvalue weighted by atomic mass is 127. The zero-order valence-corrected chi connectivity index (χ0v) is 20.1. The van der Waals surface area contributed by atoms with Crippen molar-refractivity contribution in [1.82, 2.24) is 35.6 Å². The molecular formula is C19H35IN8O. The first-order valence-electron chi connectivity index (χ1n) is 10.5. The van der Waals surface area contributed by atoms with E-state index >= 15 is 0 Å². The van der Waals surface area contributed by atoms with E-state index in [1.165, 1.54) is 19.4 Å². The summed E-state index contributed by atoms with van der Waals surface area (Å²) in [5.41, 5.74) is 0. The fourth-order valence-electron chi connectivity index (χ4n) is 3.53. The Balaban J connectivity index is 0.00000300. The van der Waals surface area contributed by atoms with Crippen LogP contribution in [0.4, 0.5) is 0 Å². The summed E-state index contributed by atoms with van der Waals surface area (Å²) in [7, 11) is 1.95. The Morgan fingerprint density at radius 3 is 2.59 bits per heavy atom. The highest BCUT2D eigenvalue weighted by Crippen LogP contribution is 2.28. The van der Waals surface area contributed by atoms with E-state index in [-0.39, 0.29) is 35.8 Å². The molecular weight excluding hydrogens is 483 g/mol. The summed E-state index contributed by atoms with van der Waals surface area (Å²) in [6, 6.07) is 0.545. The van der Waals surface area contributed by atoms with E-state index in [2.05, 4.69) is 43.0 Å². The van der Waals surface area contributed by atoms with Gasteiger partial charge in [0.15, 0.2) is 11.8 Å².